The van der Waals surface area contributed by atoms with Crippen molar-refractivity contribution in [2.45, 2.75) is 47.0 Å². The van der Waals surface area contributed by atoms with Crippen molar-refractivity contribution in [3.8, 4) is 0 Å². The zero-order valence-electron chi connectivity index (χ0n) is 13.8. The van der Waals surface area contributed by atoms with Crippen molar-refractivity contribution in [1.82, 2.24) is 10.2 Å². The zero-order valence-corrected chi connectivity index (χ0v) is 13.8. The van der Waals surface area contributed by atoms with Crippen LogP contribution in [-0.2, 0) is 0 Å². The molecule has 1 fully saturated rings. The first-order chi connectivity index (χ1) is 8.77. The second kappa shape index (κ2) is 7.05. The highest BCUT2D eigenvalue weighted by Crippen LogP contribution is 2.34. The molecule has 0 saturated carbocycles. The summed E-state index contributed by atoms with van der Waals surface area (Å²) in [6.07, 6.45) is 3.85. The third-order valence-electron chi connectivity index (χ3n) is 4.94. The quantitative estimate of drug-likeness (QED) is 0.697. The molecule has 0 amide bonds. The van der Waals surface area contributed by atoms with Crippen LogP contribution in [-0.4, -0.2) is 44.7 Å². The van der Waals surface area contributed by atoms with Gasteiger partial charge in [0.2, 0.25) is 0 Å². The molecule has 1 heterocycles. The lowest BCUT2D eigenvalue weighted by Crippen LogP contribution is -2.42. The number of nitrogens with zero attached hydrogens (tertiary/aromatic N) is 1. The number of rotatable bonds is 7. The highest BCUT2D eigenvalue weighted by molar-refractivity contribution is 4.84. The minimum Gasteiger partial charge on any atom is -0.330 e. The molecule has 0 radical (unpaired) electrons. The summed E-state index contributed by atoms with van der Waals surface area (Å²) in [5.41, 5.74) is 6.45. The van der Waals surface area contributed by atoms with Crippen LogP contribution in [0.3, 0.4) is 0 Å². The number of likely N-dealkylation sites (tertiary alicyclic amines) is 1. The van der Waals surface area contributed by atoms with Gasteiger partial charge in [-0.15, -0.1) is 0 Å². The lowest BCUT2D eigenvalue weighted by molar-refractivity contribution is 0.112. The van der Waals surface area contributed by atoms with E-state index in [4.69, 9.17) is 5.73 Å². The van der Waals surface area contributed by atoms with E-state index >= 15 is 0 Å². The Balaban J connectivity index is 2.27. The van der Waals surface area contributed by atoms with E-state index in [9.17, 15) is 0 Å². The third kappa shape index (κ3) is 5.80. The SMILES string of the molecule is CN1CCC(C(C)(C)CNCCC(C)(C)CN)CC1. The molecule has 3 nitrogen and oxygen atoms in total. The summed E-state index contributed by atoms with van der Waals surface area (Å²) in [5, 5.41) is 3.66. The van der Waals surface area contributed by atoms with Crippen LogP contribution in [0.4, 0.5) is 0 Å². The number of nitrogens with one attached hydrogen (secondary N) is 1. The first kappa shape index (κ1) is 16.9. The number of nitrogens with two attached hydrogens (primary N) is 1. The number of hydrogen-bond acceptors (Lipinski definition) is 3. The summed E-state index contributed by atoms with van der Waals surface area (Å²) in [6.45, 7) is 14.8. The molecule has 0 unspecified atom stereocenters. The Bertz CT molecular complexity index is 253. The van der Waals surface area contributed by atoms with Crippen LogP contribution in [0.1, 0.15) is 47.0 Å². The molecule has 0 aromatic heterocycles. The summed E-state index contributed by atoms with van der Waals surface area (Å²) in [5.74, 6) is 0.860. The molecule has 1 saturated heterocycles. The summed E-state index contributed by atoms with van der Waals surface area (Å²) in [7, 11) is 2.23. The Kier molecular flexibility index (Phi) is 6.28. The van der Waals surface area contributed by atoms with Gasteiger partial charge in [-0.3, -0.25) is 0 Å². The predicted octanol–water partition coefficient (Wildman–Crippen LogP) is 2.32. The van der Waals surface area contributed by atoms with E-state index < -0.39 is 0 Å². The van der Waals surface area contributed by atoms with Crippen LogP contribution in [0.25, 0.3) is 0 Å². The average Bonchev–Trinajstić information content (AvgIpc) is 2.35. The lowest BCUT2D eigenvalue weighted by Gasteiger charge is -2.40. The van der Waals surface area contributed by atoms with E-state index in [0.717, 1.165) is 32.0 Å². The summed E-state index contributed by atoms with van der Waals surface area (Å²) in [6, 6.07) is 0. The van der Waals surface area contributed by atoms with Gasteiger partial charge in [-0.1, -0.05) is 27.7 Å². The molecule has 0 aliphatic carbocycles. The molecule has 114 valence electrons. The summed E-state index contributed by atoms with van der Waals surface area (Å²) < 4.78 is 0. The van der Waals surface area contributed by atoms with Crippen molar-refractivity contribution >= 4 is 0 Å². The van der Waals surface area contributed by atoms with E-state index in [1.54, 1.807) is 0 Å². The van der Waals surface area contributed by atoms with Crippen LogP contribution in [0.5, 0.6) is 0 Å². The molecule has 0 spiro atoms. The molecule has 1 aliphatic heterocycles. The topological polar surface area (TPSA) is 41.3 Å². The summed E-state index contributed by atoms with van der Waals surface area (Å²) >= 11 is 0. The Labute approximate surface area is 120 Å². The second-order valence-electron chi connectivity index (χ2n) is 7.86. The van der Waals surface area contributed by atoms with Gasteiger partial charge in [-0.25, -0.2) is 0 Å². The monoisotopic (exact) mass is 269 g/mol. The molecule has 19 heavy (non-hydrogen) atoms. The molecule has 3 heteroatoms. The largest absolute Gasteiger partial charge is 0.330 e. The standard InChI is InChI=1S/C16H35N3/c1-15(2,12-17)8-9-18-13-16(3,4)14-6-10-19(5)11-7-14/h14,18H,6-13,17H2,1-5H3. The highest BCUT2D eigenvalue weighted by Gasteiger charge is 2.31. The minimum atomic E-state index is 0.269. The average molecular weight is 269 g/mol. The lowest BCUT2D eigenvalue weighted by atomic mass is 9.73. The molecule has 0 atom stereocenters. The predicted molar refractivity (Wildman–Crippen MR) is 84.3 cm³/mol. The van der Waals surface area contributed by atoms with Crippen molar-refractivity contribution < 1.29 is 0 Å². The van der Waals surface area contributed by atoms with E-state index in [-0.39, 0.29) is 5.41 Å². The Hall–Kier alpha value is -0.120. The molecular formula is C16H35N3. The molecule has 1 rings (SSSR count). The zero-order chi connectivity index (χ0) is 14.5. The van der Waals surface area contributed by atoms with E-state index in [1.165, 1.54) is 25.9 Å². The van der Waals surface area contributed by atoms with E-state index in [0.29, 0.717) is 5.41 Å². The second-order valence-corrected chi connectivity index (χ2v) is 7.86. The van der Waals surface area contributed by atoms with Gasteiger partial charge in [-0.2, -0.15) is 0 Å². The first-order valence-electron chi connectivity index (χ1n) is 7.86. The van der Waals surface area contributed by atoms with Gasteiger partial charge in [-0.05, 0) is 69.2 Å². The van der Waals surface area contributed by atoms with Crippen molar-refractivity contribution in [2.24, 2.45) is 22.5 Å². The van der Waals surface area contributed by atoms with Crippen molar-refractivity contribution in [3.05, 3.63) is 0 Å². The normalized spacial score (nSPS) is 19.9. The molecule has 0 aromatic rings. The van der Waals surface area contributed by atoms with Gasteiger partial charge < -0.3 is 16.0 Å². The molecule has 3 N–H and O–H groups in total. The number of piperidine rings is 1. The number of hydrogen-bond donors (Lipinski definition) is 2. The van der Waals surface area contributed by atoms with Crippen LogP contribution in [0.15, 0.2) is 0 Å². The maximum absolute atomic E-state index is 5.77. The molecule has 0 aromatic carbocycles. The summed E-state index contributed by atoms with van der Waals surface area (Å²) in [4.78, 5) is 2.45. The highest BCUT2D eigenvalue weighted by atomic mass is 15.1. The first-order valence-corrected chi connectivity index (χ1v) is 7.86. The third-order valence-corrected chi connectivity index (χ3v) is 4.94. The van der Waals surface area contributed by atoms with Crippen molar-refractivity contribution in [2.75, 3.05) is 39.8 Å². The van der Waals surface area contributed by atoms with Crippen LogP contribution >= 0.6 is 0 Å². The van der Waals surface area contributed by atoms with E-state index in [1.807, 2.05) is 0 Å². The van der Waals surface area contributed by atoms with Crippen LogP contribution < -0.4 is 11.1 Å². The molecule has 1 aliphatic rings. The van der Waals surface area contributed by atoms with Crippen molar-refractivity contribution in [3.63, 3.8) is 0 Å². The fourth-order valence-corrected chi connectivity index (χ4v) is 2.87. The van der Waals surface area contributed by atoms with Crippen LogP contribution in [0.2, 0.25) is 0 Å². The minimum absolute atomic E-state index is 0.269. The van der Waals surface area contributed by atoms with Gasteiger partial charge in [0, 0.05) is 6.54 Å². The van der Waals surface area contributed by atoms with Gasteiger partial charge in [0.25, 0.3) is 0 Å². The smallest absolute Gasteiger partial charge is 0.000519 e. The fraction of sp³-hybridized carbons (Fsp3) is 1.00. The Morgan fingerprint density at radius 2 is 1.74 bits per heavy atom. The Morgan fingerprint density at radius 1 is 1.16 bits per heavy atom. The maximum Gasteiger partial charge on any atom is 0.000519 e. The van der Waals surface area contributed by atoms with E-state index in [2.05, 4.69) is 45.0 Å². The van der Waals surface area contributed by atoms with Gasteiger partial charge in [0.05, 0.1) is 0 Å². The maximum atomic E-state index is 5.77. The van der Waals surface area contributed by atoms with Crippen LogP contribution in [0, 0.1) is 16.7 Å². The fourth-order valence-electron chi connectivity index (χ4n) is 2.87. The Morgan fingerprint density at radius 3 is 2.26 bits per heavy atom. The molecular weight excluding hydrogens is 234 g/mol. The van der Waals surface area contributed by atoms with Gasteiger partial charge >= 0.3 is 0 Å². The van der Waals surface area contributed by atoms with Gasteiger partial charge in [0.15, 0.2) is 0 Å². The van der Waals surface area contributed by atoms with Crippen molar-refractivity contribution in [1.29, 1.82) is 0 Å². The van der Waals surface area contributed by atoms with Gasteiger partial charge in [0.1, 0.15) is 0 Å². The molecule has 0 bridgehead atoms.